The topological polar surface area (TPSA) is 63.6 Å². The largest absolute Gasteiger partial charge is 0.478 e. The lowest BCUT2D eigenvalue weighted by molar-refractivity contribution is 0.0600. The standard InChI is InChI=1S/C15H12O4/c1-19-15(18)13-5-3-2-4-12(13)10-6-8-11(9-7-10)14(16)17/h2-9H,1H3,(H,16,17). The number of esters is 1. The van der Waals surface area contributed by atoms with Crippen LogP contribution < -0.4 is 0 Å². The zero-order valence-corrected chi connectivity index (χ0v) is 10.3. The van der Waals surface area contributed by atoms with E-state index in [1.807, 2.05) is 6.07 Å². The van der Waals surface area contributed by atoms with Gasteiger partial charge in [-0.25, -0.2) is 9.59 Å². The zero-order valence-electron chi connectivity index (χ0n) is 10.3. The Labute approximate surface area is 110 Å². The molecule has 0 saturated heterocycles. The van der Waals surface area contributed by atoms with E-state index in [1.165, 1.54) is 19.2 Å². The number of benzene rings is 2. The summed E-state index contributed by atoms with van der Waals surface area (Å²) in [5.74, 6) is -1.40. The highest BCUT2D eigenvalue weighted by Gasteiger charge is 2.12. The van der Waals surface area contributed by atoms with Gasteiger partial charge in [-0.2, -0.15) is 0 Å². The molecule has 0 aliphatic rings. The average molecular weight is 256 g/mol. The van der Waals surface area contributed by atoms with Crippen LogP contribution in [0.4, 0.5) is 0 Å². The first-order valence-electron chi connectivity index (χ1n) is 5.64. The minimum Gasteiger partial charge on any atom is -0.478 e. The van der Waals surface area contributed by atoms with E-state index in [-0.39, 0.29) is 5.56 Å². The van der Waals surface area contributed by atoms with E-state index in [9.17, 15) is 9.59 Å². The molecule has 0 aromatic heterocycles. The van der Waals surface area contributed by atoms with Gasteiger partial charge in [-0.3, -0.25) is 0 Å². The molecule has 0 unspecified atom stereocenters. The molecule has 0 fully saturated rings. The van der Waals surface area contributed by atoms with Gasteiger partial charge < -0.3 is 9.84 Å². The van der Waals surface area contributed by atoms with Gasteiger partial charge in [0.05, 0.1) is 18.2 Å². The van der Waals surface area contributed by atoms with Crippen molar-refractivity contribution in [3.63, 3.8) is 0 Å². The smallest absolute Gasteiger partial charge is 0.338 e. The van der Waals surface area contributed by atoms with Crippen LogP contribution in [0.3, 0.4) is 0 Å². The summed E-state index contributed by atoms with van der Waals surface area (Å²) in [6.45, 7) is 0. The van der Waals surface area contributed by atoms with Gasteiger partial charge in [-0.1, -0.05) is 30.3 Å². The maximum absolute atomic E-state index is 11.7. The molecule has 0 amide bonds. The predicted molar refractivity (Wildman–Crippen MR) is 70.2 cm³/mol. The van der Waals surface area contributed by atoms with Crippen molar-refractivity contribution in [3.8, 4) is 11.1 Å². The molecule has 19 heavy (non-hydrogen) atoms. The van der Waals surface area contributed by atoms with E-state index in [0.717, 1.165) is 5.56 Å². The number of carbonyl (C=O) groups is 2. The molecule has 0 spiro atoms. The third-order valence-electron chi connectivity index (χ3n) is 2.78. The lowest BCUT2D eigenvalue weighted by Crippen LogP contribution is -2.03. The highest BCUT2D eigenvalue weighted by molar-refractivity contribution is 5.97. The zero-order chi connectivity index (χ0) is 13.8. The SMILES string of the molecule is COC(=O)c1ccccc1-c1ccc(C(=O)O)cc1. The van der Waals surface area contributed by atoms with Crippen molar-refractivity contribution < 1.29 is 19.4 Å². The van der Waals surface area contributed by atoms with Crippen LogP contribution in [0.2, 0.25) is 0 Å². The number of carboxylic acid groups (broad SMARTS) is 1. The van der Waals surface area contributed by atoms with E-state index in [4.69, 9.17) is 9.84 Å². The second-order valence-electron chi connectivity index (χ2n) is 3.92. The van der Waals surface area contributed by atoms with Gasteiger partial charge in [-0.15, -0.1) is 0 Å². The molecule has 96 valence electrons. The molecule has 0 radical (unpaired) electrons. The summed E-state index contributed by atoms with van der Waals surface area (Å²) in [7, 11) is 1.33. The summed E-state index contributed by atoms with van der Waals surface area (Å²) >= 11 is 0. The normalized spacial score (nSPS) is 9.95. The highest BCUT2D eigenvalue weighted by atomic mass is 16.5. The maximum Gasteiger partial charge on any atom is 0.338 e. The lowest BCUT2D eigenvalue weighted by atomic mass is 9.99. The fraction of sp³-hybridized carbons (Fsp3) is 0.0667. The Balaban J connectivity index is 2.47. The third kappa shape index (κ3) is 2.63. The van der Waals surface area contributed by atoms with Gasteiger partial charge in [0.1, 0.15) is 0 Å². The van der Waals surface area contributed by atoms with Crippen molar-refractivity contribution in [1.29, 1.82) is 0 Å². The van der Waals surface area contributed by atoms with Crippen LogP contribution in [-0.4, -0.2) is 24.2 Å². The molecule has 2 aromatic rings. The van der Waals surface area contributed by atoms with Crippen molar-refractivity contribution in [2.24, 2.45) is 0 Å². The average Bonchev–Trinajstić information content (AvgIpc) is 2.46. The van der Waals surface area contributed by atoms with Crippen molar-refractivity contribution in [1.82, 2.24) is 0 Å². The van der Waals surface area contributed by atoms with Crippen LogP contribution in [-0.2, 0) is 4.74 Å². The van der Waals surface area contributed by atoms with Crippen molar-refractivity contribution in [2.45, 2.75) is 0 Å². The van der Waals surface area contributed by atoms with Crippen molar-refractivity contribution in [3.05, 3.63) is 59.7 Å². The number of rotatable bonds is 3. The van der Waals surface area contributed by atoms with Crippen LogP contribution in [0.15, 0.2) is 48.5 Å². The van der Waals surface area contributed by atoms with Crippen LogP contribution >= 0.6 is 0 Å². The minimum atomic E-state index is -0.979. The Morgan fingerprint density at radius 3 is 2.21 bits per heavy atom. The van der Waals surface area contributed by atoms with Gasteiger partial charge >= 0.3 is 11.9 Å². The summed E-state index contributed by atoms with van der Waals surface area (Å²) in [5, 5.41) is 8.85. The molecule has 2 rings (SSSR count). The van der Waals surface area contributed by atoms with Gasteiger partial charge in [0, 0.05) is 0 Å². The maximum atomic E-state index is 11.7. The second kappa shape index (κ2) is 5.35. The second-order valence-corrected chi connectivity index (χ2v) is 3.92. The van der Waals surface area contributed by atoms with Crippen LogP contribution in [0.1, 0.15) is 20.7 Å². The molecule has 4 heteroatoms. The molecule has 0 aliphatic carbocycles. The van der Waals surface area contributed by atoms with Crippen molar-refractivity contribution >= 4 is 11.9 Å². The van der Waals surface area contributed by atoms with E-state index >= 15 is 0 Å². The number of aromatic carboxylic acids is 1. The molecule has 1 N–H and O–H groups in total. The van der Waals surface area contributed by atoms with Gasteiger partial charge in [0.25, 0.3) is 0 Å². The number of ether oxygens (including phenoxy) is 1. The number of hydrogen-bond donors (Lipinski definition) is 1. The first-order chi connectivity index (χ1) is 9.13. The third-order valence-corrected chi connectivity index (χ3v) is 2.78. The molecule has 2 aromatic carbocycles. The molecular formula is C15H12O4. The summed E-state index contributed by atoms with van der Waals surface area (Å²) in [6, 6.07) is 13.4. The Kier molecular flexibility index (Phi) is 3.61. The summed E-state index contributed by atoms with van der Waals surface area (Å²) < 4.78 is 4.73. The molecule has 0 bridgehead atoms. The quantitative estimate of drug-likeness (QED) is 0.858. The molecule has 0 aliphatic heterocycles. The van der Waals surface area contributed by atoms with E-state index < -0.39 is 11.9 Å². The molecule has 4 nitrogen and oxygen atoms in total. The first-order valence-corrected chi connectivity index (χ1v) is 5.64. The molecule has 0 saturated carbocycles. The Hall–Kier alpha value is -2.62. The fourth-order valence-electron chi connectivity index (χ4n) is 1.82. The van der Waals surface area contributed by atoms with E-state index in [2.05, 4.69) is 0 Å². The monoisotopic (exact) mass is 256 g/mol. The number of carbonyl (C=O) groups excluding carboxylic acids is 1. The number of methoxy groups -OCH3 is 1. The van der Waals surface area contributed by atoms with E-state index in [0.29, 0.717) is 11.1 Å². The van der Waals surface area contributed by atoms with Crippen LogP contribution in [0, 0.1) is 0 Å². The highest BCUT2D eigenvalue weighted by Crippen LogP contribution is 2.24. The van der Waals surface area contributed by atoms with Gasteiger partial charge in [-0.05, 0) is 29.3 Å². The lowest BCUT2D eigenvalue weighted by Gasteiger charge is -2.08. The van der Waals surface area contributed by atoms with Crippen molar-refractivity contribution in [2.75, 3.05) is 7.11 Å². The van der Waals surface area contributed by atoms with Crippen LogP contribution in [0.5, 0.6) is 0 Å². The summed E-state index contributed by atoms with van der Waals surface area (Å²) in [4.78, 5) is 22.5. The Morgan fingerprint density at radius 1 is 1.00 bits per heavy atom. The number of carboxylic acids is 1. The van der Waals surface area contributed by atoms with Crippen LogP contribution in [0.25, 0.3) is 11.1 Å². The van der Waals surface area contributed by atoms with E-state index in [1.54, 1.807) is 30.3 Å². The molecule has 0 atom stereocenters. The minimum absolute atomic E-state index is 0.208. The van der Waals surface area contributed by atoms with Gasteiger partial charge in [0.2, 0.25) is 0 Å². The summed E-state index contributed by atoms with van der Waals surface area (Å²) in [5.41, 5.74) is 2.14. The number of hydrogen-bond acceptors (Lipinski definition) is 3. The summed E-state index contributed by atoms with van der Waals surface area (Å²) in [6.07, 6.45) is 0. The fourth-order valence-corrected chi connectivity index (χ4v) is 1.82. The first kappa shape index (κ1) is 12.8. The van der Waals surface area contributed by atoms with Gasteiger partial charge in [0.15, 0.2) is 0 Å². The Bertz CT molecular complexity index is 614. The Morgan fingerprint density at radius 2 is 1.63 bits per heavy atom. The molecule has 0 heterocycles. The predicted octanol–water partition coefficient (Wildman–Crippen LogP) is 2.84. The molecular weight excluding hydrogens is 244 g/mol.